The minimum atomic E-state index is -4.67. The Morgan fingerprint density at radius 3 is 1.44 bits per heavy atom. The first-order chi connectivity index (χ1) is 62.0. The van der Waals surface area contributed by atoms with E-state index in [9.17, 15) is 55.1 Å². The van der Waals surface area contributed by atoms with E-state index in [1.807, 2.05) is 36.4 Å². The summed E-state index contributed by atoms with van der Waals surface area (Å²) in [6, 6.07) is 37.8. The molecule has 17 rings (SSSR count). The Bertz CT molecular complexity index is 6610. The quantitative estimate of drug-likeness (QED) is 0.0305. The second-order valence-corrected chi connectivity index (χ2v) is 46.0. The van der Waals surface area contributed by atoms with Gasteiger partial charge in [0.25, 0.3) is 43.2 Å². The Kier molecular flexibility index (Phi) is 27.3. The van der Waals surface area contributed by atoms with Crippen LogP contribution in [0.2, 0.25) is 10.0 Å². The lowest BCUT2D eigenvalue weighted by Crippen LogP contribution is -2.47. The molecule has 0 saturated carbocycles. The number of halogens is 2. The van der Waals surface area contributed by atoms with Crippen molar-refractivity contribution in [3.8, 4) is 34.5 Å². The highest BCUT2D eigenvalue weighted by atomic mass is 35.5. The zero-order valence-corrected chi connectivity index (χ0v) is 78.1. The lowest BCUT2D eigenvalue weighted by molar-refractivity contribution is -0.386. The van der Waals surface area contributed by atoms with Crippen LogP contribution in [0.4, 0.5) is 22.7 Å². The van der Waals surface area contributed by atoms with Crippen molar-refractivity contribution in [3.63, 3.8) is 0 Å². The number of hydrogen-bond acceptors (Lipinski definition) is 24. The van der Waals surface area contributed by atoms with Crippen LogP contribution in [0.15, 0.2) is 188 Å². The largest absolute Gasteiger partial charge is 0.493 e. The molecule has 2 atom stereocenters. The smallest absolute Gasteiger partial charge is 0.277 e. The van der Waals surface area contributed by atoms with Gasteiger partial charge in [-0.2, -0.15) is 0 Å². The third-order valence-corrected chi connectivity index (χ3v) is 31.7. The van der Waals surface area contributed by atoms with E-state index in [0.717, 1.165) is 141 Å². The summed E-state index contributed by atoms with van der Waals surface area (Å²) in [6.45, 7) is 17.9. The molecule has 9 heterocycles. The van der Waals surface area contributed by atoms with Gasteiger partial charge in [-0.15, -0.1) is 0 Å². The molecular weight excluding hydrogens is 1780 g/mol. The molecule has 130 heavy (non-hydrogen) atoms. The summed E-state index contributed by atoms with van der Waals surface area (Å²) < 4.78 is 118. The van der Waals surface area contributed by atoms with Gasteiger partial charge in [0.1, 0.15) is 45.8 Å². The number of aromatic amines is 2. The number of fused-ring (bicyclic) bond motifs is 4. The number of ether oxygens (including phenoxy) is 4. The van der Waals surface area contributed by atoms with E-state index < -0.39 is 82.3 Å². The number of hydrogen-bond donors (Lipinski definition) is 4. The number of allylic oxidation sites excluding steroid dienone is 2. The Hall–Kier alpha value is -11.0. The fourth-order valence-corrected chi connectivity index (χ4v) is 23.1. The van der Waals surface area contributed by atoms with Crippen LogP contribution in [0.1, 0.15) is 135 Å². The number of sulfonamides is 2. The lowest BCUT2D eigenvalue weighted by atomic mass is 9.72. The van der Waals surface area contributed by atoms with Crippen molar-refractivity contribution in [3.05, 3.63) is 233 Å². The summed E-state index contributed by atoms with van der Waals surface area (Å²) in [5, 5.41) is 27.6. The number of nitrogens with zero attached hydrogens (tertiary/aromatic N) is 10. The van der Waals surface area contributed by atoms with Gasteiger partial charge in [-0.05, 0) is 182 Å². The van der Waals surface area contributed by atoms with Gasteiger partial charge in [0.2, 0.25) is 0 Å². The number of pyridine rings is 2. The molecule has 4 N–H and O–H groups in total. The first-order valence-corrected chi connectivity index (χ1v) is 51.6. The number of nitrogens with one attached hydrogen (secondary N) is 4. The van der Waals surface area contributed by atoms with Gasteiger partial charge >= 0.3 is 0 Å². The number of piperazine rings is 2. The molecule has 36 heteroatoms. The summed E-state index contributed by atoms with van der Waals surface area (Å²) >= 11 is 12.5. The van der Waals surface area contributed by atoms with Crippen molar-refractivity contribution in [2.45, 2.75) is 115 Å². The number of anilines is 2. The number of rotatable bonds is 25. The van der Waals surface area contributed by atoms with Gasteiger partial charge in [0.15, 0.2) is 0 Å². The SMILES string of the molecule is CC1(C)CCC(CN2CCN(c3ccc(C(=O)NS(=O)(=O)c4cc5c(c([N+](=O)[O-])c4)C[C@@H](CN=S(C)(C)=O)CO5)c(Oc4cnc5[nH]ccc5c4)c3)CC2)=C(c2ccc(Cl)cc2)C1.CC1(C)CCC(CN2CCN(c3ccc(C(=O)NS(=O)(=O)c4cc5c(c([N+](=O)[O-])c4)C[C@H](CCN=S4(=O)CCCCC4)CO5)c(Oc4cnc5[nH]ccc5c4)c3)CC2)=C(c2ccc(Cl)cc2)C1. The molecule has 6 aromatic carbocycles. The molecule has 0 spiro atoms. The van der Waals surface area contributed by atoms with E-state index in [1.165, 1.54) is 82.6 Å². The van der Waals surface area contributed by atoms with Crippen LogP contribution in [0.5, 0.6) is 34.5 Å². The highest BCUT2D eigenvalue weighted by Gasteiger charge is 2.38. The van der Waals surface area contributed by atoms with Gasteiger partial charge in [-0.3, -0.25) is 43.8 Å². The van der Waals surface area contributed by atoms with Crippen LogP contribution in [-0.2, 0) is 52.3 Å². The number of carbonyl (C=O) groups is 2. The van der Waals surface area contributed by atoms with E-state index in [0.29, 0.717) is 73.4 Å². The third-order valence-electron chi connectivity index (χ3n) is 25.3. The van der Waals surface area contributed by atoms with Gasteiger partial charge in [0, 0.05) is 202 Å². The van der Waals surface area contributed by atoms with Gasteiger partial charge in [-0.1, -0.05) is 92.7 Å². The zero-order valence-electron chi connectivity index (χ0n) is 73.4. The number of aromatic nitrogens is 4. The predicted molar refractivity (Wildman–Crippen MR) is 506 cm³/mol. The minimum absolute atomic E-state index is 0.0181. The zero-order chi connectivity index (χ0) is 91.6. The van der Waals surface area contributed by atoms with Crippen molar-refractivity contribution in [1.29, 1.82) is 0 Å². The highest BCUT2D eigenvalue weighted by molar-refractivity contribution is 7.93. The summed E-state index contributed by atoms with van der Waals surface area (Å²) in [7, 11) is -14.0. The summed E-state index contributed by atoms with van der Waals surface area (Å²) in [6.07, 6.45) is 19.7. The molecule has 2 aliphatic carbocycles. The van der Waals surface area contributed by atoms with E-state index >= 15 is 0 Å². The van der Waals surface area contributed by atoms with Gasteiger partial charge < -0.3 is 38.7 Å². The second-order valence-electron chi connectivity index (χ2n) is 36.5. The molecule has 5 aliphatic heterocycles. The van der Waals surface area contributed by atoms with Crippen molar-refractivity contribution in [1.82, 2.24) is 39.2 Å². The number of benzene rings is 6. The predicted octanol–water partition coefficient (Wildman–Crippen LogP) is 17.5. The van der Waals surface area contributed by atoms with Crippen LogP contribution in [0.3, 0.4) is 0 Å². The number of H-pyrrole nitrogens is 2. The average Bonchev–Trinajstić information content (AvgIpc) is 1.10. The average molecular weight is 1890 g/mol. The molecule has 686 valence electrons. The number of amides is 2. The fraction of sp³-hybridized carbons (Fsp3) is 0.404. The molecule has 0 bridgehead atoms. The first kappa shape index (κ1) is 92.3. The number of carbonyl (C=O) groups excluding carboxylic acids is 2. The molecule has 0 unspecified atom stereocenters. The van der Waals surface area contributed by atoms with E-state index in [2.05, 4.69) is 110 Å². The molecule has 10 aromatic rings. The normalized spacial score (nSPS) is 18.9. The maximum atomic E-state index is 14.1. The molecule has 3 fully saturated rings. The molecule has 4 aromatic heterocycles. The topological polar surface area (TPSA) is 379 Å². The van der Waals surface area contributed by atoms with Gasteiger partial charge in [0.05, 0.1) is 74.0 Å². The van der Waals surface area contributed by atoms with E-state index in [4.69, 9.17) is 42.1 Å². The second kappa shape index (κ2) is 38.4. The maximum absolute atomic E-state index is 14.1. The maximum Gasteiger partial charge on any atom is 0.277 e. The standard InChI is InChI=1S/C49H56ClN7O8S2.C45H50ClN7O8S2/c1-49(2)15-12-36(43(29-49)34-6-8-37(50)9-7-34)31-55-18-20-56(21-19-55)38-10-11-41(46(26-38)65-39-25-35-14-16-51-47(35)52-30-39)48(58)54-67(62,63)40-27-44(57(59)60)42-24-33(32-64-45(42)28-40)13-17-53-66(61)22-4-3-5-23-66;1-45(2)13-11-32(39(24-45)30-5-7-33(46)8-6-30)27-51-15-17-52(18-16-51)34-9-10-37(42(21-34)61-35-20-31-12-14-47-43(31)48-26-35)44(54)50-63(58,59)36-22-40(53(55)56)38-19-29(25-49-62(3,4)57)28-60-41(38)23-36/h6-11,14,16,25-28,30,33H,3-5,12-13,15,17-24,29,31-32H2,1-2H3,(H,51,52)(H,54,58);5-10,12,14,20-23,26,29H,11,13,15-19,24-25,27-28H2,1-4H3,(H,47,48)(H,50,54)/t33-;29-/m00/s1. The monoisotopic (exact) mass is 1880 g/mol. The van der Waals surface area contributed by atoms with Crippen LogP contribution in [-0.4, -0.2) is 192 Å². The molecule has 7 aliphatic rings. The molecule has 3 saturated heterocycles. The van der Waals surface area contributed by atoms with Crippen LogP contribution in [0, 0.1) is 42.9 Å². The van der Waals surface area contributed by atoms with Crippen molar-refractivity contribution in [2.24, 2.45) is 31.4 Å². The van der Waals surface area contributed by atoms with E-state index in [1.54, 1.807) is 48.8 Å². The third kappa shape index (κ3) is 22.3. The summed E-state index contributed by atoms with van der Waals surface area (Å²) in [5.74, 6) is -0.254. The minimum Gasteiger partial charge on any atom is -0.493 e. The van der Waals surface area contributed by atoms with E-state index in [-0.39, 0.29) is 101 Å². The van der Waals surface area contributed by atoms with Gasteiger partial charge in [-0.25, -0.2) is 49.2 Å². The number of nitro benzene ring substituents is 2. The Morgan fingerprint density at radius 1 is 0.577 bits per heavy atom. The van der Waals surface area contributed by atoms with Crippen molar-refractivity contribution in [2.75, 3.05) is 126 Å². The molecule has 2 amide bonds. The number of nitro groups is 2. The fourth-order valence-electron chi connectivity index (χ4n) is 18.1. The first-order valence-electron chi connectivity index (χ1n) is 43.7. The molecular formula is C94H106Cl2N14O16S4. The van der Waals surface area contributed by atoms with Crippen molar-refractivity contribution >= 4 is 130 Å². The van der Waals surface area contributed by atoms with Crippen LogP contribution < -0.4 is 38.2 Å². The van der Waals surface area contributed by atoms with Crippen LogP contribution >= 0.6 is 23.2 Å². The van der Waals surface area contributed by atoms with Crippen molar-refractivity contribution < 1.29 is 63.6 Å². The Labute approximate surface area is 767 Å². The summed E-state index contributed by atoms with van der Waals surface area (Å²) in [4.78, 5) is 74.7. The molecule has 30 nitrogen and oxygen atoms in total. The lowest BCUT2D eigenvalue weighted by Gasteiger charge is -2.39. The Morgan fingerprint density at radius 2 is 1.01 bits per heavy atom. The highest BCUT2D eigenvalue weighted by Crippen LogP contribution is 2.47. The Balaban J connectivity index is 0.000000191. The summed E-state index contributed by atoms with van der Waals surface area (Å²) in [5.41, 5.74) is 10.9. The van der Waals surface area contributed by atoms with Crippen LogP contribution in [0.25, 0.3) is 33.2 Å². The molecule has 0 radical (unpaired) electrons.